The highest BCUT2D eigenvalue weighted by atomic mass is 79.9. The van der Waals surface area contributed by atoms with Crippen molar-refractivity contribution in [1.82, 2.24) is 0 Å². The van der Waals surface area contributed by atoms with Gasteiger partial charge in [-0.2, -0.15) is 0 Å². The average Bonchev–Trinajstić information content (AvgIpc) is 2.18. The molecule has 1 aromatic carbocycles. The number of nitrogens with zero attached hydrogens (tertiary/aromatic N) is 1. The summed E-state index contributed by atoms with van der Waals surface area (Å²) in [5.74, 6) is -0.350. The smallest absolute Gasteiger partial charge is 0.312 e. The van der Waals surface area contributed by atoms with Crippen LogP contribution in [0, 0.1) is 10.1 Å². The van der Waals surface area contributed by atoms with Crippen LogP contribution in [0.2, 0.25) is 0 Å². The number of rotatable bonds is 2. The van der Waals surface area contributed by atoms with Gasteiger partial charge in [-0.3, -0.25) is 10.1 Å². The fourth-order valence-electron chi connectivity index (χ4n) is 1.86. The summed E-state index contributed by atoms with van der Waals surface area (Å²) in [4.78, 5) is 10.1. The lowest BCUT2D eigenvalue weighted by atomic mass is 9.73. The summed E-state index contributed by atoms with van der Waals surface area (Å²) < 4.78 is 0.313. The van der Waals surface area contributed by atoms with Crippen LogP contribution < -0.4 is 5.73 Å². The quantitative estimate of drug-likeness (QED) is 0.645. The van der Waals surface area contributed by atoms with Gasteiger partial charge in [0, 0.05) is 11.6 Å². The molecule has 2 rings (SSSR count). The molecule has 0 atom stereocenters. The molecule has 1 aliphatic carbocycles. The van der Waals surface area contributed by atoms with Gasteiger partial charge in [-0.15, -0.1) is 0 Å². The SMILES string of the molecule is NC1(c2cc(Br)c(O)c([N+](=O)[O-])c2)CCC1. The van der Waals surface area contributed by atoms with Crippen LogP contribution in [0.3, 0.4) is 0 Å². The van der Waals surface area contributed by atoms with Gasteiger partial charge in [-0.1, -0.05) is 0 Å². The molecule has 0 aliphatic heterocycles. The highest BCUT2D eigenvalue weighted by Gasteiger charge is 2.36. The first kappa shape index (κ1) is 11.3. The van der Waals surface area contributed by atoms with Crippen LogP contribution in [0.1, 0.15) is 24.8 Å². The molecule has 0 saturated heterocycles. The third kappa shape index (κ3) is 1.68. The van der Waals surface area contributed by atoms with Gasteiger partial charge in [0.05, 0.1) is 9.40 Å². The van der Waals surface area contributed by atoms with Gasteiger partial charge in [0.1, 0.15) is 0 Å². The second kappa shape index (κ2) is 3.71. The third-order valence-electron chi connectivity index (χ3n) is 3.06. The summed E-state index contributed by atoms with van der Waals surface area (Å²) in [7, 11) is 0. The van der Waals surface area contributed by atoms with Crippen LogP contribution >= 0.6 is 15.9 Å². The summed E-state index contributed by atoms with van der Waals surface area (Å²) in [6.07, 6.45) is 2.67. The molecule has 1 aliphatic rings. The van der Waals surface area contributed by atoms with E-state index in [2.05, 4.69) is 15.9 Å². The number of hydrogen-bond donors (Lipinski definition) is 2. The molecule has 86 valence electrons. The van der Waals surface area contributed by atoms with Gasteiger partial charge in [-0.05, 0) is 46.8 Å². The normalized spacial score (nSPS) is 17.9. The lowest BCUT2D eigenvalue weighted by molar-refractivity contribution is -0.386. The topological polar surface area (TPSA) is 89.4 Å². The van der Waals surface area contributed by atoms with Crippen molar-refractivity contribution in [3.63, 3.8) is 0 Å². The Labute approximate surface area is 101 Å². The summed E-state index contributed by atoms with van der Waals surface area (Å²) in [6.45, 7) is 0. The molecule has 5 nitrogen and oxygen atoms in total. The van der Waals surface area contributed by atoms with Crippen LogP contribution in [0.4, 0.5) is 5.69 Å². The number of aromatic hydroxyl groups is 1. The van der Waals surface area contributed by atoms with Gasteiger partial charge in [0.2, 0.25) is 5.75 Å². The monoisotopic (exact) mass is 286 g/mol. The predicted molar refractivity (Wildman–Crippen MR) is 62.2 cm³/mol. The molecule has 0 unspecified atom stereocenters. The summed E-state index contributed by atoms with van der Waals surface area (Å²) in [6, 6.07) is 3.01. The van der Waals surface area contributed by atoms with E-state index < -0.39 is 10.5 Å². The molecule has 6 heteroatoms. The minimum Gasteiger partial charge on any atom is -0.501 e. The molecular weight excluding hydrogens is 276 g/mol. The number of halogens is 1. The van der Waals surface area contributed by atoms with E-state index in [-0.39, 0.29) is 11.4 Å². The van der Waals surface area contributed by atoms with E-state index in [1.807, 2.05) is 0 Å². The zero-order chi connectivity index (χ0) is 11.9. The Hall–Kier alpha value is -1.14. The third-order valence-corrected chi connectivity index (χ3v) is 3.67. The van der Waals surface area contributed by atoms with Crippen LogP contribution in [0.5, 0.6) is 5.75 Å². The van der Waals surface area contributed by atoms with Crippen LogP contribution in [0.25, 0.3) is 0 Å². The van der Waals surface area contributed by atoms with Crippen molar-refractivity contribution in [3.05, 3.63) is 32.3 Å². The molecule has 0 radical (unpaired) electrons. The van der Waals surface area contributed by atoms with Crippen molar-refractivity contribution in [3.8, 4) is 5.75 Å². The molecule has 0 aromatic heterocycles. The van der Waals surface area contributed by atoms with E-state index in [1.165, 1.54) is 6.07 Å². The molecule has 16 heavy (non-hydrogen) atoms. The van der Waals surface area contributed by atoms with Crippen molar-refractivity contribution < 1.29 is 10.0 Å². The number of benzene rings is 1. The van der Waals surface area contributed by atoms with Crippen molar-refractivity contribution in [2.75, 3.05) is 0 Å². The number of hydrogen-bond acceptors (Lipinski definition) is 4. The summed E-state index contributed by atoms with van der Waals surface area (Å²) >= 11 is 3.10. The van der Waals surface area contributed by atoms with E-state index in [0.29, 0.717) is 10.0 Å². The summed E-state index contributed by atoms with van der Waals surface area (Å²) in [5.41, 5.74) is 6.02. The maximum atomic E-state index is 10.7. The lowest BCUT2D eigenvalue weighted by Crippen LogP contribution is -2.43. The zero-order valence-electron chi connectivity index (χ0n) is 8.44. The molecule has 0 heterocycles. The minimum atomic E-state index is -0.606. The number of nitro groups is 1. The van der Waals surface area contributed by atoms with E-state index in [0.717, 1.165) is 19.3 Å². The maximum absolute atomic E-state index is 10.7. The van der Waals surface area contributed by atoms with Gasteiger partial charge < -0.3 is 10.8 Å². The second-order valence-electron chi connectivity index (χ2n) is 4.09. The van der Waals surface area contributed by atoms with E-state index in [4.69, 9.17) is 5.73 Å². The first-order chi connectivity index (χ1) is 7.44. The van der Waals surface area contributed by atoms with Crippen LogP contribution in [0.15, 0.2) is 16.6 Å². The molecule has 3 N–H and O–H groups in total. The average molecular weight is 287 g/mol. The Morgan fingerprint density at radius 3 is 2.56 bits per heavy atom. The van der Waals surface area contributed by atoms with Crippen molar-refractivity contribution in [2.45, 2.75) is 24.8 Å². The minimum absolute atomic E-state index is 0.305. The highest BCUT2D eigenvalue weighted by Crippen LogP contribution is 2.44. The highest BCUT2D eigenvalue weighted by molar-refractivity contribution is 9.10. The van der Waals surface area contributed by atoms with E-state index >= 15 is 0 Å². The fourth-order valence-corrected chi connectivity index (χ4v) is 2.31. The Morgan fingerprint density at radius 2 is 2.12 bits per heavy atom. The van der Waals surface area contributed by atoms with Gasteiger partial charge >= 0.3 is 5.69 Å². The van der Waals surface area contributed by atoms with Gasteiger partial charge in [0.25, 0.3) is 0 Å². The second-order valence-corrected chi connectivity index (χ2v) is 4.95. The van der Waals surface area contributed by atoms with Crippen molar-refractivity contribution in [1.29, 1.82) is 0 Å². The standard InChI is InChI=1S/C10H11BrN2O3/c11-7-4-6(10(12)2-1-3-10)5-8(9(7)14)13(15)16/h4-5,14H,1-3,12H2. The zero-order valence-corrected chi connectivity index (χ0v) is 10.0. The molecule has 0 spiro atoms. The first-order valence-corrected chi connectivity index (χ1v) is 5.69. The molecule has 1 fully saturated rings. The lowest BCUT2D eigenvalue weighted by Gasteiger charge is -2.38. The predicted octanol–water partition coefficient (Wildman–Crippen LogP) is 2.40. The van der Waals surface area contributed by atoms with E-state index in [1.54, 1.807) is 6.07 Å². The Bertz CT molecular complexity index is 458. The largest absolute Gasteiger partial charge is 0.501 e. The Morgan fingerprint density at radius 1 is 1.50 bits per heavy atom. The number of nitro benzene ring substituents is 1. The number of nitrogens with two attached hydrogens (primary N) is 1. The van der Waals surface area contributed by atoms with Gasteiger partial charge in [0.15, 0.2) is 0 Å². The van der Waals surface area contributed by atoms with E-state index in [9.17, 15) is 15.2 Å². The molecule has 1 saturated carbocycles. The molecular formula is C10H11BrN2O3. The Kier molecular flexibility index (Phi) is 2.63. The Balaban J connectivity index is 2.52. The molecule has 1 aromatic rings. The number of phenols is 1. The summed E-state index contributed by atoms with van der Waals surface area (Å²) in [5, 5.41) is 20.3. The van der Waals surface area contributed by atoms with Gasteiger partial charge in [-0.25, -0.2) is 0 Å². The fraction of sp³-hybridized carbons (Fsp3) is 0.400. The molecule has 0 amide bonds. The first-order valence-electron chi connectivity index (χ1n) is 4.90. The number of phenolic OH excluding ortho intramolecular Hbond substituents is 1. The van der Waals surface area contributed by atoms with Crippen LogP contribution in [-0.4, -0.2) is 10.0 Å². The van der Waals surface area contributed by atoms with Crippen molar-refractivity contribution in [2.24, 2.45) is 5.73 Å². The van der Waals surface area contributed by atoms with Crippen molar-refractivity contribution >= 4 is 21.6 Å². The molecule has 0 bridgehead atoms. The van der Waals surface area contributed by atoms with Crippen LogP contribution in [-0.2, 0) is 5.54 Å². The maximum Gasteiger partial charge on any atom is 0.312 e.